The van der Waals surface area contributed by atoms with Crippen molar-refractivity contribution in [3.05, 3.63) is 93.5 Å². The van der Waals surface area contributed by atoms with E-state index in [9.17, 15) is 18.0 Å². The van der Waals surface area contributed by atoms with Crippen LogP contribution in [0, 0.1) is 6.92 Å². The lowest BCUT2D eigenvalue weighted by Crippen LogP contribution is -2.51. The molecule has 0 spiro atoms. The van der Waals surface area contributed by atoms with E-state index < -0.39 is 28.5 Å². The van der Waals surface area contributed by atoms with Gasteiger partial charge >= 0.3 is 0 Å². The van der Waals surface area contributed by atoms with Crippen LogP contribution < -0.4 is 9.62 Å². The lowest BCUT2D eigenvalue weighted by molar-refractivity contribution is -0.139. The number of anilines is 1. The van der Waals surface area contributed by atoms with Gasteiger partial charge in [0.2, 0.25) is 11.8 Å². The van der Waals surface area contributed by atoms with Crippen LogP contribution in [0.4, 0.5) is 5.69 Å². The van der Waals surface area contributed by atoms with Crippen LogP contribution >= 0.6 is 23.2 Å². The highest BCUT2D eigenvalue weighted by Crippen LogP contribution is 2.28. The maximum atomic E-state index is 13.9. The maximum Gasteiger partial charge on any atom is 0.264 e. The molecule has 7 nitrogen and oxygen atoms in total. The van der Waals surface area contributed by atoms with Gasteiger partial charge in [-0.2, -0.15) is 0 Å². The second-order valence-corrected chi connectivity index (χ2v) is 12.6. The van der Waals surface area contributed by atoms with Gasteiger partial charge in [-0.3, -0.25) is 13.9 Å². The number of rotatable bonds is 11. The first-order valence-corrected chi connectivity index (χ1v) is 15.2. The third-order valence-corrected chi connectivity index (χ3v) is 8.98. The first-order valence-electron chi connectivity index (χ1n) is 13.1. The predicted octanol–water partition coefficient (Wildman–Crippen LogP) is 6.17. The number of sulfonamides is 1. The highest BCUT2D eigenvalue weighted by Gasteiger charge is 2.32. The fourth-order valence-corrected chi connectivity index (χ4v) is 6.01. The van der Waals surface area contributed by atoms with Crippen molar-refractivity contribution in [2.75, 3.05) is 17.4 Å². The van der Waals surface area contributed by atoms with Crippen LogP contribution in [-0.2, 0) is 26.2 Å². The number of carbonyl (C=O) groups excluding carboxylic acids is 2. The minimum Gasteiger partial charge on any atom is -0.355 e. The van der Waals surface area contributed by atoms with Gasteiger partial charge in [0.15, 0.2) is 0 Å². The molecule has 0 aliphatic carbocycles. The fourth-order valence-electron chi connectivity index (χ4n) is 4.13. The molecule has 2 amide bonds. The summed E-state index contributed by atoms with van der Waals surface area (Å²) in [5, 5.41) is 3.50. The number of hydrogen-bond acceptors (Lipinski definition) is 4. The highest BCUT2D eigenvalue weighted by molar-refractivity contribution is 7.92. The van der Waals surface area contributed by atoms with E-state index in [1.165, 1.54) is 17.0 Å². The standard InChI is InChI=1S/C30H35Cl2N3O4S/c1-6-33-30(37)22(5)34(18-24-9-12-25(31)17-28(24)32)29(36)19-35(26-13-10-23(11-14-26)20(2)3)40(38,39)27-15-7-21(4)8-16-27/h7-17,20,22H,6,18-19H2,1-5H3,(H,33,37)/t22-/m1/s1. The Hall–Kier alpha value is -3.07. The Kier molecular flexibility index (Phi) is 10.6. The van der Waals surface area contributed by atoms with Crippen LogP contribution in [0.1, 0.15) is 50.3 Å². The van der Waals surface area contributed by atoms with Gasteiger partial charge in [0.05, 0.1) is 10.6 Å². The van der Waals surface area contributed by atoms with Crippen LogP contribution in [0.25, 0.3) is 0 Å². The van der Waals surface area contributed by atoms with E-state index >= 15 is 0 Å². The third-order valence-electron chi connectivity index (χ3n) is 6.61. The number of hydrogen-bond donors (Lipinski definition) is 1. The van der Waals surface area contributed by atoms with E-state index in [4.69, 9.17) is 23.2 Å². The Balaban J connectivity index is 2.06. The SMILES string of the molecule is CCNC(=O)[C@@H](C)N(Cc1ccc(Cl)cc1Cl)C(=O)CN(c1ccc(C(C)C)cc1)S(=O)(=O)c1ccc(C)cc1. The number of benzene rings is 3. The van der Waals surface area contributed by atoms with Crippen LogP contribution in [0.15, 0.2) is 71.6 Å². The molecule has 0 saturated carbocycles. The monoisotopic (exact) mass is 603 g/mol. The van der Waals surface area contributed by atoms with Crippen LogP contribution in [0.3, 0.4) is 0 Å². The largest absolute Gasteiger partial charge is 0.355 e. The molecular weight excluding hydrogens is 569 g/mol. The second kappa shape index (κ2) is 13.5. The minimum atomic E-state index is -4.13. The number of amides is 2. The lowest BCUT2D eigenvalue weighted by atomic mass is 10.0. The van der Waals surface area contributed by atoms with Crippen molar-refractivity contribution in [1.29, 1.82) is 0 Å². The molecule has 1 N–H and O–H groups in total. The van der Waals surface area contributed by atoms with E-state index in [0.29, 0.717) is 27.8 Å². The zero-order chi connectivity index (χ0) is 29.6. The minimum absolute atomic E-state index is 0.0160. The zero-order valence-corrected chi connectivity index (χ0v) is 25.6. The normalized spacial score (nSPS) is 12.2. The molecule has 0 radical (unpaired) electrons. The quantitative estimate of drug-likeness (QED) is 0.284. The number of nitrogens with one attached hydrogen (secondary N) is 1. The van der Waals surface area contributed by atoms with Crippen molar-refractivity contribution in [2.45, 2.75) is 58.0 Å². The summed E-state index contributed by atoms with van der Waals surface area (Å²) in [4.78, 5) is 28.2. The molecule has 0 unspecified atom stereocenters. The van der Waals surface area contributed by atoms with Crippen molar-refractivity contribution >= 4 is 50.7 Å². The Bertz CT molecular complexity index is 1440. The van der Waals surface area contributed by atoms with Gasteiger partial charge in [-0.05, 0) is 74.2 Å². The zero-order valence-electron chi connectivity index (χ0n) is 23.3. The van der Waals surface area contributed by atoms with E-state index in [1.807, 2.05) is 32.9 Å². The average molecular weight is 605 g/mol. The molecule has 214 valence electrons. The molecule has 3 rings (SSSR count). The molecule has 1 atom stereocenters. The first kappa shape index (κ1) is 31.5. The summed E-state index contributed by atoms with van der Waals surface area (Å²) in [6, 6.07) is 17.5. The number of nitrogens with zero attached hydrogens (tertiary/aromatic N) is 2. The van der Waals surface area contributed by atoms with Crippen molar-refractivity contribution in [2.24, 2.45) is 0 Å². The molecule has 3 aromatic rings. The van der Waals surface area contributed by atoms with Gasteiger partial charge in [0.25, 0.3) is 10.0 Å². The molecule has 10 heteroatoms. The number of aryl methyl sites for hydroxylation is 1. The van der Waals surface area contributed by atoms with E-state index in [-0.39, 0.29) is 23.3 Å². The molecule has 0 aliphatic heterocycles. The maximum absolute atomic E-state index is 13.9. The van der Waals surface area contributed by atoms with Crippen LogP contribution in [0.2, 0.25) is 10.0 Å². The van der Waals surface area contributed by atoms with Gasteiger partial charge < -0.3 is 10.2 Å². The van der Waals surface area contributed by atoms with Crippen molar-refractivity contribution < 1.29 is 18.0 Å². The molecule has 3 aromatic carbocycles. The Morgan fingerprint density at radius 2 is 1.55 bits per heavy atom. The smallest absolute Gasteiger partial charge is 0.264 e. The Morgan fingerprint density at radius 1 is 0.925 bits per heavy atom. The molecule has 0 aliphatic rings. The van der Waals surface area contributed by atoms with Crippen LogP contribution in [-0.4, -0.2) is 44.3 Å². The molecule has 0 aromatic heterocycles. The number of likely N-dealkylation sites (N-methyl/N-ethyl adjacent to an activating group) is 1. The fraction of sp³-hybridized carbons (Fsp3) is 0.333. The highest BCUT2D eigenvalue weighted by atomic mass is 35.5. The lowest BCUT2D eigenvalue weighted by Gasteiger charge is -2.32. The van der Waals surface area contributed by atoms with Gasteiger partial charge in [-0.15, -0.1) is 0 Å². The van der Waals surface area contributed by atoms with Crippen molar-refractivity contribution in [3.8, 4) is 0 Å². The van der Waals surface area contributed by atoms with Crippen LogP contribution in [0.5, 0.6) is 0 Å². The number of halogens is 2. The van der Waals surface area contributed by atoms with Gasteiger partial charge in [-0.1, -0.05) is 72.9 Å². The molecule has 0 fully saturated rings. The van der Waals surface area contributed by atoms with E-state index in [0.717, 1.165) is 15.4 Å². The van der Waals surface area contributed by atoms with Gasteiger partial charge in [0, 0.05) is 23.1 Å². The Morgan fingerprint density at radius 3 is 2.10 bits per heavy atom. The summed E-state index contributed by atoms with van der Waals surface area (Å²) >= 11 is 12.5. The molecule has 40 heavy (non-hydrogen) atoms. The second-order valence-electron chi connectivity index (χ2n) is 9.90. The van der Waals surface area contributed by atoms with Gasteiger partial charge in [-0.25, -0.2) is 8.42 Å². The van der Waals surface area contributed by atoms with Crippen molar-refractivity contribution in [1.82, 2.24) is 10.2 Å². The summed E-state index contributed by atoms with van der Waals surface area (Å²) in [7, 11) is -4.13. The molecule has 0 bridgehead atoms. The topological polar surface area (TPSA) is 86.8 Å². The summed E-state index contributed by atoms with van der Waals surface area (Å²) in [6.07, 6.45) is 0. The van der Waals surface area contributed by atoms with E-state index in [2.05, 4.69) is 5.32 Å². The van der Waals surface area contributed by atoms with Gasteiger partial charge in [0.1, 0.15) is 12.6 Å². The summed E-state index contributed by atoms with van der Waals surface area (Å²) in [5.74, 6) is -0.682. The van der Waals surface area contributed by atoms with Crippen molar-refractivity contribution in [3.63, 3.8) is 0 Å². The summed E-state index contributed by atoms with van der Waals surface area (Å²) in [6.45, 7) is 9.17. The predicted molar refractivity (Wildman–Crippen MR) is 161 cm³/mol. The molecule has 0 heterocycles. The number of carbonyl (C=O) groups is 2. The summed E-state index contributed by atoms with van der Waals surface area (Å²) < 4.78 is 28.9. The molecule has 0 saturated heterocycles. The first-order chi connectivity index (χ1) is 18.8. The Labute approximate surface area is 247 Å². The average Bonchev–Trinajstić information content (AvgIpc) is 2.91. The van der Waals surface area contributed by atoms with E-state index in [1.54, 1.807) is 56.3 Å². The summed E-state index contributed by atoms with van der Waals surface area (Å²) in [5.41, 5.74) is 2.86. The molecular formula is C30H35Cl2N3O4S. The third kappa shape index (κ3) is 7.56.